The molecule has 10 heteroatoms. The molecular weight excluding hydrogens is 338 g/mol. The number of tetrazole rings is 1. The van der Waals surface area contributed by atoms with Crippen LogP contribution in [-0.4, -0.2) is 60.0 Å². The fourth-order valence-corrected chi connectivity index (χ4v) is 4.22. The molecule has 2 aliphatic rings. The first-order valence-corrected chi connectivity index (χ1v) is 8.89. The average Bonchev–Trinajstić information content (AvgIpc) is 3.36. The quantitative estimate of drug-likeness (QED) is 0.839. The highest BCUT2D eigenvalue weighted by Crippen LogP contribution is 2.39. The SMILES string of the molecule is O=C(NC12CCCCCC1N(C(=O)Cn1cnnn1)CC2)c1cocn1. The Balaban J connectivity index is 1.54. The van der Waals surface area contributed by atoms with E-state index < -0.39 is 5.54 Å². The molecule has 26 heavy (non-hydrogen) atoms. The van der Waals surface area contributed by atoms with Gasteiger partial charge in [-0.25, -0.2) is 9.67 Å². The third kappa shape index (κ3) is 3.06. The lowest BCUT2D eigenvalue weighted by Gasteiger charge is -2.37. The monoisotopic (exact) mass is 359 g/mol. The van der Waals surface area contributed by atoms with E-state index in [0.717, 1.165) is 38.5 Å². The van der Waals surface area contributed by atoms with Crippen LogP contribution in [0.25, 0.3) is 0 Å². The maximum absolute atomic E-state index is 12.8. The van der Waals surface area contributed by atoms with Crippen LogP contribution >= 0.6 is 0 Å². The zero-order valence-electron chi connectivity index (χ0n) is 14.4. The van der Waals surface area contributed by atoms with Crippen molar-refractivity contribution in [2.45, 2.75) is 56.7 Å². The van der Waals surface area contributed by atoms with Gasteiger partial charge in [-0.1, -0.05) is 19.3 Å². The van der Waals surface area contributed by atoms with E-state index in [1.807, 2.05) is 4.90 Å². The van der Waals surface area contributed by atoms with Crippen LogP contribution in [0.2, 0.25) is 0 Å². The van der Waals surface area contributed by atoms with E-state index in [4.69, 9.17) is 4.42 Å². The summed E-state index contributed by atoms with van der Waals surface area (Å²) in [5, 5.41) is 14.1. The van der Waals surface area contributed by atoms with E-state index in [1.54, 1.807) is 0 Å². The van der Waals surface area contributed by atoms with Gasteiger partial charge in [0.15, 0.2) is 12.1 Å². The molecule has 4 rings (SSSR count). The normalized spacial score (nSPS) is 25.5. The molecule has 2 fully saturated rings. The van der Waals surface area contributed by atoms with Gasteiger partial charge in [-0.3, -0.25) is 9.59 Å². The van der Waals surface area contributed by atoms with Gasteiger partial charge in [-0.05, 0) is 29.7 Å². The van der Waals surface area contributed by atoms with Crippen LogP contribution < -0.4 is 5.32 Å². The van der Waals surface area contributed by atoms with E-state index in [9.17, 15) is 9.59 Å². The minimum absolute atomic E-state index is 0.0233. The second-order valence-corrected chi connectivity index (χ2v) is 6.94. The van der Waals surface area contributed by atoms with Gasteiger partial charge in [0.2, 0.25) is 5.91 Å². The van der Waals surface area contributed by atoms with Crippen molar-refractivity contribution in [2.24, 2.45) is 0 Å². The van der Waals surface area contributed by atoms with Gasteiger partial charge in [0, 0.05) is 6.54 Å². The Morgan fingerprint density at radius 1 is 1.31 bits per heavy atom. The van der Waals surface area contributed by atoms with Crippen LogP contribution in [0, 0.1) is 0 Å². The van der Waals surface area contributed by atoms with E-state index in [0.29, 0.717) is 6.54 Å². The van der Waals surface area contributed by atoms with Gasteiger partial charge in [-0.2, -0.15) is 0 Å². The zero-order valence-corrected chi connectivity index (χ0v) is 14.4. The molecule has 2 aromatic heterocycles. The first kappa shape index (κ1) is 16.7. The Morgan fingerprint density at radius 2 is 2.23 bits per heavy atom. The summed E-state index contributed by atoms with van der Waals surface area (Å²) >= 11 is 0. The fraction of sp³-hybridized carbons (Fsp3) is 0.625. The van der Waals surface area contributed by atoms with Gasteiger partial charge >= 0.3 is 0 Å². The van der Waals surface area contributed by atoms with Crippen molar-refractivity contribution in [3.8, 4) is 0 Å². The number of hydrogen-bond acceptors (Lipinski definition) is 7. The lowest BCUT2D eigenvalue weighted by Crippen LogP contribution is -2.57. The average molecular weight is 359 g/mol. The molecule has 2 amide bonds. The maximum Gasteiger partial charge on any atom is 0.273 e. The number of fused-ring (bicyclic) bond motifs is 1. The van der Waals surface area contributed by atoms with Gasteiger partial charge in [0.25, 0.3) is 5.91 Å². The third-order valence-electron chi connectivity index (χ3n) is 5.45. The van der Waals surface area contributed by atoms with Crippen LogP contribution in [0.1, 0.15) is 49.0 Å². The standard InChI is InChI=1S/C16H21N7O3/c24-14(8-22-10-18-20-21-22)23-7-6-16(5-3-1-2-4-13(16)23)19-15(25)12-9-26-11-17-12/h9-11,13H,1-8H2,(H,19,25). The van der Waals surface area contributed by atoms with Crippen molar-refractivity contribution >= 4 is 11.8 Å². The number of likely N-dealkylation sites (tertiary alicyclic amines) is 1. The first-order valence-electron chi connectivity index (χ1n) is 8.89. The molecule has 138 valence electrons. The molecular formula is C16H21N7O3. The van der Waals surface area contributed by atoms with E-state index >= 15 is 0 Å². The number of aromatic nitrogens is 5. The fourth-order valence-electron chi connectivity index (χ4n) is 4.22. The topological polar surface area (TPSA) is 119 Å². The summed E-state index contributed by atoms with van der Waals surface area (Å²) in [4.78, 5) is 31.2. The van der Waals surface area contributed by atoms with Crippen LogP contribution in [0.3, 0.4) is 0 Å². The molecule has 1 aliphatic heterocycles. The number of amides is 2. The molecule has 2 unspecified atom stereocenters. The number of hydrogen-bond donors (Lipinski definition) is 1. The summed E-state index contributed by atoms with van der Waals surface area (Å²) < 4.78 is 6.34. The van der Waals surface area contributed by atoms with Crippen LogP contribution in [0.15, 0.2) is 23.4 Å². The predicted molar refractivity (Wildman–Crippen MR) is 87.7 cm³/mol. The summed E-state index contributed by atoms with van der Waals surface area (Å²) in [7, 11) is 0. The summed E-state index contributed by atoms with van der Waals surface area (Å²) in [6.45, 7) is 0.724. The molecule has 0 spiro atoms. The smallest absolute Gasteiger partial charge is 0.273 e. The summed E-state index contributed by atoms with van der Waals surface area (Å²) in [6, 6.07) is -0.0233. The molecule has 1 aliphatic carbocycles. The lowest BCUT2D eigenvalue weighted by atomic mass is 9.85. The minimum Gasteiger partial charge on any atom is -0.451 e. The second-order valence-electron chi connectivity index (χ2n) is 6.94. The van der Waals surface area contributed by atoms with E-state index in [-0.39, 0.29) is 30.1 Å². The van der Waals surface area contributed by atoms with Gasteiger partial charge in [0.05, 0.1) is 11.6 Å². The highest BCUT2D eigenvalue weighted by molar-refractivity contribution is 5.92. The second kappa shape index (κ2) is 6.85. The van der Waals surface area contributed by atoms with E-state index in [1.165, 1.54) is 23.7 Å². The molecule has 0 aromatic carbocycles. The Labute approximate surface area is 149 Å². The molecule has 2 aromatic rings. The van der Waals surface area contributed by atoms with Crippen LogP contribution in [0.5, 0.6) is 0 Å². The van der Waals surface area contributed by atoms with Crippen molar-refractivity contribution in [1.29, 1.82) is 0 Å². The molecule has 3 heterocycles. The van der Waals surface area contributed by atoms with Gasteiger partial charge in [0.1, 0.15) is 19.1 Å². The van der Waals surface area contributed by atoms with Crippen LogP contribution in [0.4, 0.5) is 0 Å². The predicted octanol–water partition coefficient (Wildman–Crippen LogP) is 0.395. The highest BCUT2D eigenvalue weighted by atomic mass is 16.3. The van der Waals surface area contributed by atoms with Crippen molar-refractivity contribution < 1.29 is 14.0 Å². The third-order valence-corrected chi connectivity index (χ3v) is 5.45. The Kier molecular flexibility index (Phi) is 4.39. The van der Waals surface area contributed by atoms with Crippen molar-refractivity contribution in [1.82, 2.24) is 35.4 Å². The Bertz CT molecular complexity index is 761. The summed E-state index contributed by atoms with van der Waals surface area (Å²) in [5.74, 6) is -0.276. The number of nitrogens with zero attached hydrogens (tertiary/aromatic N) is 6. The molecule has 2 atom stereocenters. The van der Waals surface area contributed by atoms with Crippen LogP contribution in [-0.2, 0) is 11.3 Å². The first-order chi connectivity index (χ1) is 12.7. The Morgan fingerprint density at radius 3 is 3.00 bits per heavy atom. The number of nitrogens with one attached hydrogen (secondary N) is 1. The number of oxazole rings is 1. The largest absolute Gasteiger partial charge is 0.451 e. The molecule has 1 saturated heterocycles. The van der Waals surface area contributed by atoms with Crippen molar-refractivity contribution in [3.05, 3.63) is 24.7 Å². The minimum atomic E-state index is -0.414. The summed E-state index contributed by atoms with van der Waals surface area (Å²) in [6.07, 6.45) is 9.67. The van der Waals surface area contributed by atoms with Crippen molar-refractivity contribution in [2.75, 3.05) is 6.54 Å². The number of carbonyl (C=O) groups is 2. The lowest BCUT2D eigenvalue weighted by molar-refractivity contribution is -0.133. The molecule has 1 saturated carbocycles. The molecule has 0 radical (unpaired) electrons. The van der Waals surface area contributed by atoms with Crippen molar-refractivity contribution in [3.63, 3.8) is 0 Å². The maximum atomic E-state index is 12.8. The number of rotatable bonds is 4. The summed E-state index contributed by atoms with van der Waals surface area (Å²) in [5.41, 5.74) is -0.149. The van der Waals surface area contributed by atoms with Gasteiger partial charge < -0.3 is 14.6 Å². The van der Waals surface area contributed by atoms with Gasteiger partial charge in [-0.15, -0.1) is 5.10 Å². The Hall–Kier alpha value is -2.78. The molecule has 1 N–H and O–H groups in total. The molecule has 0 bridgehead atoms. The molecule has 10 nitrogen and oxygen atoms in total. The number of carbonyl (C=O) groups excluding carboxylic acids is 2. The highest BCUT2D eigenvalue weighted by Gasteiger charge is 2.50. The van der Waals surface area contributed by atoms with E-state index in [2.05, 4.69) is 25.8 Å². The zero-order chi connectivity index (χ0) is 18.0.